The molecular formula is C24H25ClN2O7S. The van der Waals surface area contributed by atoms with E-state index in [2.05, 4.69) is 0 Å². The number of amides is 1. The van der Waals surface area contributed by atoms with E-state index in [1.807, 2.05) is 0 Å². The SMILES string of the molecule is COCCN1C(=O)C(=O)/C(=C(/O)c2ccc(S(=O)(=O)N3CCOCC3)cc2)[C@H]1c1ccc(Cl)cc1. The molecule has 11 heteroatoms. The van der Waals surface area contributed by atoms with Gasteiger partial charge < -0.3 is 19.5 Å². The molecular weight excluding hydrogens is 496 g/mol. The van der Waals surface area contributed by atoms with Gasteiger partial charge in [0.15, 0.2) is 0 Å². The number of aliphatic hydroxyl groups is 1. The van der Waals surface area contributed by atoms with E-state index in [0.717, 1.165) is 0 Å². The van der Waals surface area contributed by atoms with Crippen LogP contribution in [0.2, 0.25) is 5.02 Å². The van der Waals surface area contributed by atoms with Crippen molar-refractivity contribution in [1.82, 2.24) is 9.21 Å². The second kappa shape index (κ2) is 10.5. The second-order valence-corrected chi connectivity index (χ2v) is 10.5. The van der Waals surface area contributed by atoms with E-state index in [1.165, 1.54) is 40.6 Å². The molecule has 1 atom stereocenters. The van der Waals surface area contributed by atoms with Crippen molar-refractivity contribution in [2.45, 2.75) is 10.9 Å². The zero-order valence-corrected chi connectivity index (χ0v) is 20.6. The monoisotopic (exact) mass is 520 g/mol. The number of sulfonamides is 1. The van der Waals surface area contributed by atoms with Gasteiger partial charge in [-0.1, -0.05) is 23.7 Å². The molecule has 2 fully saturated rings. The van der Waals surface area contributed by atoms with Crippen LogP contribution in [0.4, 0.5) is 0 Å². The van der Waals surface area contributed by atoms with Crippen molar-refractivity contribution in [1.29, 1.82) is 0 Å². The fraction of sp³-hybridized carbons (Fsp3) is 0.333. The number of carbonyl (C=O) groups excluding carboxylic acids is 2. The van der Waals surface area contributed by atoms with Crippen LogP contribution in [0.15, 0.2) is 59.0 Å². The number of halogens is 1. The Morgan fingerprint density at radius 2 is 1.71 bits per heavy atom. The third kappa shape index (κ3) is 4.98. The number of aliphatic hydroxyl groups excluding tert-OH is 1. The molecule has 0 spiro atoms. The highest BCUT2D eigenvalue weighted by molar-refractivity contribution is 7.89. The summed E-state index contributed by atoms with van der Waals surface area (Å²) in [6, 6.07) is 11.4. The van der Waals surface area contributed by atoms with Gasteiger partial charge in [-0.2, -0.15) is 4.31 Å². The number of ether oxygens (including phenoxy) is 2. The first-order valence-electron chi connectivity index (χ1n) is 11.0. The topological polar surface area (TPSA) is 113 Å². The molecule has 4 rings (SSSR count). The summed E-state index contributed by atoms with van der Waals surface area (Å²) in [4.78, 5) is 27.2. The minimum absolute atomic E-state index is 0.0609. The lowest BCUT2D eigenvalue weighted by molar-refractivity contribution is -0.140. The van der Waals surface area contributed by atoms with Crippen molar-refractivity contribution in [3.05, 3.63) is 70.3 Å². The van der Waals surface area contributed by atoms with E-state index < -0.39 is 33.5 Å². The Bertz CT molecular complexity index is 1240. The standard InChI is InChI=1S/C24H25ClN2O7S/c1-33-13-12-27-21(16-2-6-18(25)7-3-16)20(23(29)24(27)30)22(28)17-4-8-19(9-5-17)35(31,32)26-10-14-34-15-11-26/h2-9,21,28H,10-15H2,1H3/b22-20+/t21-/m1/s1. The molecule has 9 nitrogen and oxygen atoms in total. The molecule has 2 aromatic carbocycles. The molecule has 2 heterocycles. The number of carbonyl (C=O) groups is 2. The largest absolute Gasteiger partial charge is 0.507 e. The lowest BCUT2D eigenvalue weighted by Gasteiger charge is -2.26. The molecule has 0 unspecified atom stereocenters. The fourth-order valence-corrected chi connectivity index (χ4v) is 5.70. The van der Waals surface area contributed by atoms with Crippen LogP contribution in [0.1, 0.15) is 17.2 Å². The average molecular weight is 521 g/mol. The number of nitrogens with zero attached hydrogens (tertiary/aromatic N) is 2. The molecule has 0 bridgehead atoms. The number of ketones is 1. The van der Waals surface area contributed by atoms with Crippen molar-refractivity contribution >= 4 is 39.1 Å². The van der Waals surface area contributed by atoms with E-state index >= 15 is 0 Å². The summed E-state index contributed by atoms with van der Waals surface area (Å²) < 4.78 is 37.4. The van der Waals surface area contributed by atoms with E-state index in [9.17, 15) is 23.1 Å². The maximum Gasteiger partial charge on any atom is 0.295 e. The number of hydrogen-bond donors (Lipinski definition) is 1. The number of likely N-dealkylation sites (tertiary alicyclic amines) is 1. The van der Waals surface area contributed by atoms with Crippen molar-refractivity contribution < 1.29 is 32.6 Å². The Hall–Kier alpha value is -2.76. The highest BCUT2D eigenvalue weighted by atomic mass is 35.5. The van der Waals surface area contributed by atoms with Gasteiger partial charge in [0.25, 0.3) is 11.7 Å². The Morgan fingerprint density at radius 1 is 1.09 bits per heavy atom. The van der Waals surface area contributed by atoms with Crippen LogP contribution in [0.25, 0.3) is 5.76 Å². The number of benzene rings is 2. The van der Waals surface area contributed by atoms with Crippen LogP contribution in [0.3, 0.4) is 0 Å². The summed E-state index contributed by atoms with van der Waals surface area (Å²) in [5, 5.41) is 11.6. The Labute approximate surface area is 208 Å². The predicted molar refractivity (Wildman–Crippen MR) is 128 cm³/mol. The molecule has 0 aromatic heterocycles. The summed E-state index contributed by atoms with van der Waals surface area (Å²) in [7, 11) is -2.23. The van der Waals surface area contributed by atoms with Crippen molar-refractivity contribution in [2.75, 3.05) is 46.6 Å². The van der Waals surface area contributed by atoms with Gasteiger partial charge in [-0.25, -0.2) is 8.42 Å². The average Bonchev–Trinajstić information content (AvgIpc) is 3.13. The highest BCUT2D eigenvalue weighted by Gasteiger charge is 2.45. The lowest BCUT2D eigenvalue weighted by atomic mass is 9.95. The van der Waals surface area contributed by atoms with E-state index in [0.29, 0.717) is 23.8 Å². The number of morpholine rings is 1. The summed E-state index contributed by atoms with van der Waals surface area (Å²) in [6.45, 7) is 1.51. The molecule has 1 amide bonds. The van der Waals surface area contributed by atoms with Crippen molar-refractivity contribution in [3.8, 4) is 0 Å². The molecule has 0 aliphatic carbocycles. The van der Waals surface area contributed by atoms with Crippen LogP contribution in [-0.2, 0) is 29.1 Å². The number of Topliss-reactive ketones (excluding diaryl/α,β-unsaturated/α-hetero) is 1. The summed E-state index contributed by atoms with van der Waals surface area (Å²) in [5.74, 6) is -1.97. The van der Waals surface area contributed by atoms with Gasteiger partial charge in [-0.3, -0.25) is 9.59 Å². The van der Waals surface area contributed by atoms with Gasteiger partial charge in [-0.15, -0.1) is 0 Å². The van der Waals surface area contributed by atoms with E-state index in [-0.39, 0.29) is 42.3 Å². The second-order valence-electron chi connectivity index (χ2n) is 8.08. The van der Waals surface area contributed by atoms with Gasteiger partial charge in [-0.05, 0) is 42.0 Å². The van der Waals surface area contributed by atoms with E-state index in [1.54, 1.807) is 24.3 Å². The minimum atomic E-state index is -3.72. The van der Waals surface area contributed by atoms with Crippen LogP contribution < -0.4 is 0 Å². The van der Waals surface area contributed by atoms with Crippen molar-refractivity contribution in [3.63, 3.8) is 0 Å². The summed E-state index contributed by atoms with van der Waals surface area (Å²) in [5.41, 5.74) is 0.726. The molecule has 1 N–H and O–H groups in total. The molecule has 2 aliphatic rings. The van der Waals surface area contributed by atoms with Crippen LogP contribution in [-0.4, -0.2) is 81.0 Å². The van der Waals surface area contributed by atoms with Crippen LogP contribution >= 0.6 is 11.6 Å². The Kier molecular flexibility index (Phi) is 7.58. The molecule has 2 saturated heterocycles. The molecule has 0 saturated carbocycles. The molecule has 186 valence electrons. The summed E-state index contributed by atoms with van der Waals surface area (Å²) >= 11 is 6.01. The third-order valence-corrected chi connectivity index (χ3v) is 8.16. The van der Waals surface area contributed by atoms with E-state index in [4.69, 9.17) is 21.1 Å². The summed E-state index contributed by atoms with van der Waals surface area (Å²) in [6.07, 6.45) is 0. The van der Waals surface area contributed by atoms with Crippen LogP contribution in [0, 0.1) is 0 Å². The minimum Gasteiger partial charge on any atom is -0.507 e. The maximum absolute atomic E-state index is 13.0. The third-order valence-electron chi connectivity index (χ3n) is 6.00. The fourth-order valence-electron chi connectivity index (χ4n) is 4.17. The maximum atomic E-state index is 13.0. The predicted octanol–water partition coefficient (Wildman–Crippen LogP) is 2.43. The number of rotatable bonds is 7. The van der Waals surface area contributed by atoms with Gasteiger partial charge in [0, 0.05) is 37.3 Å². The highest BCUT2D eigenvalue weighted by Crippen LogP contribution is 2.39. The molecule has 2 aliphatic heterocycles. The zero-order chi connectivity index (χ0) is 25.2. The quantitative estimate of drug-likeness (QED) is 0.339. The zero-order valence-electron chi connectivity index (χ0n) is 19.0. The Balaban J connectivity index is 1.73. The first-order valence-corrected chi connectivity index (χ1v) is 12.8. The molecule has 2 aromatic rings. The first-order chi connectivity index (χ1) is 16.8. The van der Waals surface area contributed by atoms with Crippen LogP contribution in [0.5, 0.6) is 0 Å². The normalized spacial score (nSPS) is 21.0. The molecule has 0 radical (unpaired) electrons. The number of hydrogen-bond acceptors (Lipinski definition) is 7. The Morgan fingerprint density at radius 3 is 2.31 bits per heavy atom. The first kappa shape index (κ1) is 25.3. The lowest BCUT2D eigenvalue weighted by Crippen LogP contribution is -2.40. The van der Waals surface area contributed by atoms with Gasteiger partial charge >= 0.3 is 0 Å². The van der Waals surface area contributed by atoms with Gasteiger partial charge in [0.05, 0.1) is 36.3 Å². The van der Waals surface area contributed by atoms with Gasteiger partial charge in [0.2, 0.25) is 10.0 Å². The van der Waals surface area contributed by atoms with Crippen molar-refractivity contribution in [2.24, 2.45) is 0 Å². The smallest absolute Gasteiger partial charge is 0.295 e. The number of methoxy groups -OCH3 is 1. The molecule has 35 heavy (non-hydrogen) atoms. The van der Waals surface area contributed by atoms with Gasteiger partial charge in [0.1, 0.15) is 5.76 Å².